The van der Waals surface area contributed by atoms with E-state index in [2.05, 4.69) is 11.1 Å². The summed E-state index contributed by atoms with van der Waals surface area (Å²) in [6.45, 7) is 3.83. The topological polar surface area (TPSA) is 63.9 Å². The van der Waals surface area contributed by atoms with Crippen LogP contribution in [0.1, 0.15) is 16.8 Å². The van der Waals surface area contributed by atoms with Gasteiger partial charge in [-0.25, -0.2) is 4.98 Å². The van der Waals surface area contributed by atoms with E-state index in [4.69, 9.17) is 28.9 Å². The van der Waals surface area contributed by atoms with Crippen molar-refractivity contribution in [3.8, 4) is 17.2 Å². The molecule has 0 atom stereocenters. The fourth-order valence-corrected chi connectivity index (χ4v) is 2.52. The molecule has 0 radical (unpaired) electrons. The number of aromatic nitrogens is 1. The molecule has 0 unspecified atom stereocenters. The van der Waals surface area contributed by atoms with Crippen molar-refractivity contribution in [3.63, 3.8) is 0 Å². The van der Waals surface area contributed by atoms with E-state index < -0.39 is 0 Å². The molecule has 3 nitrogen and oxygen atoms in total. The number of halogens is 2. The first-order chi connectivity index (χ1) is 8.95. The van der Waals surface area contributed by atoms with Gasteiger partial charge in [-0.1, -0.05) is 29.3 Å². The molecule has 19 heavy (non-hydrogen) atoms. The van der Waals surface area contributed by atoms with Crippen molar-refractivity contribution in [3.05, 3.63) is 45.1 Å². The lowest BCUT2D eigenvalue weighted by Gasteiger charge is -2.11. The minimum Gasteiger partial charge on any atom is -0.286 e. The number of pyridine rings is 1. The van der Waals surface area contributed by atoms with Crippen LogP contribution in [0, 0.1) is 25.2 Å². The number of benzene rings is 1. The molecule has 1 heterocycles. The van der Waals surface area contributed by atoms with Crippen LogP contribution in [0.4, 0.5) is 5.82 Å². The highest BCUT2D eigenvalue weighted by atomic mass is 35.5. The first-order valence-electron chi connectivity index (χ1n) is 5.63. The van der Waals surface area contributed by atoms with Crippen molar-refractivity contribution < 1.29 is 4.98 Å². The van der Waals surface area contributed by atoms with E-state index in [0.717, 1.165) is 22.4 Å². The molecule has 2 rings (SSSR count). The number of nitrogens with zero attached hydrogens (tertiary/aromatic N) is 1. The highest BCUT2D eigenvalue weighted by molar-refractivity contribution is 6.36. The van der Waals surface area contributed by atoms with Crippen LogP contribution in [-0.2, 0) is 0 Å². The third-order valence-electron chi connectivity index (χ3n) is 3.09. The van der Waals surface area contributed by atoms with E-state index in [1.54, 1.807) is 18.2 Å². The molecular weight excluding hydrogens is 281 g/mol. The predicted molar refractivity (Wildman–Crippen MR) is 77.1 cm³/mol. The summed E-state index contributed by atoms with van der Waals surface area (Å²) in [5.41, 5.74) is 9.61. The Labute approximate surface area is 121 Å². The smallest absolute Gasteiger partial charge is 0.286 e. The fraction of sp³-hybridized carbons (Fsp3) is 0.143. The Morgan fingerprint density at radius 3 is 2.53 bits per heavy atom. The van der Waals surface area contributed by atoms with Crippen LogP contribution < -0.4 is 10.7 Å². The van der Waals surface area contributed by atoms with Gasteiger partial charge < -0.3 is 0 Å². The Balaban J connectivity index is 2.85. The lowest BCUT2D eigenvalue weighted by atomic mass is 9.95. The summed E-state index contributed by atoms with van der Waals surface area (Å²) in [5.74, 6) is 0.339. The van der Waals surface area contributed by atoms with Gasteiger partial charge in [0.15, 0.2) is 0 Å². The second kappa shape index (κ2) is 5.08. The van der Waals surface area contributed by atoms with E-state index in [9.17, 15) is 5.26 Å². The minimum absolute atomic E-state index is 0.339. The maximum atomic E-state index is 9.30. The molecule has 0 fully saturated rings. The molecule has 0 aliphatic rings. The molecule has 2 aromatic rings. The number of aromatic amines is 1. The molecule has 0 amide bonds. The number of hydrogen-bond acceptors (Lipinski definition) is 2. The zero-order chi connectivity index (χ0) is 14.2. The van der Waals surface area contributed by atoms with E-state index in [1.165, 1.54) is 0 Å². The van der Waals surface area contributed by atoms with E-state index in [0.29, 0.717) is 21.4 Å². The fourth-order valence-electron chi connectivity index (χ4n) is 2.01. The van der Waals surface area contributed by atoms with Gasteiger partial charge in [0.05, 0.1) is 0 Å². The summed E-state index contributed by atoms with van der Waals surface area (Å²) >= 11 is 12.1. The van der Waals surface area contributed by atoms with Crippen LogP contribution >= 0.6 is 23.2 Å². The average Bonchev–Trinajstić information content (AvgIpc) is 2.34. The lowest BCUT2D eigenvalue weighted by molar-refractivity contribution is -0.370. The van der Waals surface area contributed by atoms with Gasteiger partial charge in [-0.15, -0.1) is 0 Å². The first kappa shape index (κ1) is 13.7. The van der Waals surface area contributed by atoms with Gasteiger partial charge in [0.25, 0.3) is 5.82 Å². The van der Waals surface area contributed by atoms with Gasteiger partial charge in [0.2, 0.25) is 0 Å². The van der Waals surface area contributed by atoms with Gasteiger partial charge >= 0.3 is 0 Å². The van der Waals surface area contributed by atoms with Crippen molar-refractivity contribution in [2.75, 3.05) is 5.73 Å². The second-order valence-corrected chi connectivity index (χ2v) is 5.12. The summed E-state index contributed by atoms with van der Waals surface area (Å²) in [6, 6.07) is 7.32. The summed E-state index contributed by atoms with van der Waals surface area (Å²) in [6.07, 6.45) is 0. The number of nitrogens with two attached hydrogens (primary N) is 1. The number of nitrogens with one attached hydrogen (secondary N) is 1. The zero-order valence-electron chi connectivity index (χ0n) is 10.5. The van der Waals surface area contributed by atoms with Gasteiger partial charge in [-0.05, 0) is 26.0 Å². The number of anilines is 1. The average molecular weight is 293 g/mol. The molecule has 0 saturated heterocycles. The van der Waals surface area contributed by atoms with Crippen LogP contribution in [0.5, 0.6) is 0 Å². The number of H-pyrrole nitrogens is 1. The maximum Gasteiger partial charge on any atom is 0.289 e. The SMILES string of the molecule is Cc1[nH+]c(N)c(C#N)c(-c2ccc(Cl)cc2Cl)c1C. The molecule has 0 bridgehead atoms. The third kappa shape index (κ3) is 2.37. The van der Waals surface area contributed by atoms with E-state index in [1.807, 2.05) is 13.8 Å². The summed E-state index contributed by atoms with van der Waals surface area (Å²) in [4.78, 5) is 2.99. The molecule has 0 spiro atoms. The van der Waals surface area contributed by atoms with Crippen LogP contribution in [0.2, 0.25) is 10.0 Å². The molecular formula is C14H12Cl2N3+. The van der Waals surface area contributed by atoms with E-state index in [-0.39, 0.29) is 0 Å². The van der Waals surface area contributed by atoms with Crippen LogP contribution in [0.25, 0.3) is 11.1 Å². The summed E-state index contributed by atoms with van der Waals surface area (Å²) in [5, 5.41) is 10.4. The van der Waals surface area contributed by atoms with Crippen LogP contribution in [-0.4, -0.2) is 0 Å². The Hall–Kier alpha value is -1.76. The molecule has 96 valence electrons. The van der Waals surface area contributed by atoms with Crippen molar-refractivity contribution in [2.45, 2.75) is 13.8 Å². The van der Waals surface area contributed by atoms with Gasteiger partial charge in [-0.2, -0.15) is 5.26 Å². The van der Waals surface area contributed by atoms with Gasteiger partial charge in [-0.3, -0.25) is 5.73 Å². The monoisotopic (exact) mass is 292 g/mol. The molecule has 5 heteroatoms. The third-order valence-corrected chi connectivity index (χ3v) is 3.64. The summed E-state index contributed by atoms with van der Waals surface area (Å²) < 4.78 is 0. The Morgan fingerprint density at radius 2 is 1.95 bits per heavy atom. The molecule has 3 N–H and O–H groups in total. The standard InChI is InChI=1S/C14H11Cl2N3/c1-7-8(2)19-14(18)11(6-17)13(7)10-4-3-9(15)5-12(10)16/h3-5H,1-2H3,(H2,18,19)/p+1. The predicted octanol–water partition coefficient (Wildman–Crippen LogP) is 3.55. The van der Waals surface area contributed by atoms with Crippen LogP contribution in [0.3, 0.4) is 0 Å². The van der Waals surface area contributed by atoms with Gasteiger partial charge in [0, 0.05) is 26.7 Å². The highest BCUT2D eigenvalue weighted by Crippen LogP contribution is 2.35. The van der Waals surface area contributed by atoms with Crippen molar-refractivity contribution in [1.29, 1.82) is 5.26 Å². The Bertz CT molecular complexity index is 703. The van der Waals surface area contributed by atoms with Gasteiger partial charge in [0.1, 0.15) is 17.3 Å². The zero-order valence-corrected chi connectivity index (χ0v) is 12.0. The second-order valence-electron chi connectivity index (χ2n) is 4.27. The molecule has 0 aliphatic heterocycles. The molecule has 0 aliphatic carbocycles. The quantitative estimate of drug-likeness (QED) is 0.874. The molecule has 1 aromatic carbocycles. The Kier molecular flexibility index (Phi) is 3.66. The van der Waals surface area contributed by atoms with Crippen LogP contribution in [0.15, 0.2) is 18.2 Å². The number of aryl methyl sites for hydroxylation is 1. The first-order valence-corrected chi connectivity index (χ1v) is 6.38. The van der Waals surface area contributed by atoms with E-state index >= 15 is 0 Å². The maximum absolute atomic E-state index is 9.30. The van der Waals surface area contributed by atoms with Crippen molar-refractivity contribution in [1.82, 2.24) is 0 Å². The Morgan fingerprint density at radius 1 is 1.26 bits per heavy atom. The lowest BCUT2D eigenvalue weighted by Crippen LogP contribution is -2.18. The van der Waals surface area contributed by atoms with Crippen molar-refractivity contribution in [2.24, 2.45) is 0 Å². The number of rotatable bonds is 1. The normalized spacial score (nSPS) is 10.3. The summed E-state index contributed by atoms with van der Waals surface area (Å²) in [7, 11) is 0. The highest BCUT2D eigenvalue weighted by Gasteiger charge is 2.20. The molecule has 1 aromatic heterocycles. The molecule has 0 saturated carbocycles. The largest absolute Gasteiger partial charge is 0.289 e. The number of nitrogen functional groups attached to an aromatic ring is 1. The minimum atomic E-state index is 0.339. The number of hydrogen-bond donors (Lipinski definition) is 1. The number of nitriles is 1. The van der Waals surface area contributed by atoms with Crippen molar-refractivity contribution >= 4 is 29.0 Å².